The van der Waals surface area contributed by atoms with Crippen LogP contribution in [-0.4, -0.2) is 27.5 Å². The largest absolute Gasteiger partial charge is 0.462 e. The summed E-state index contributed by atoms with van der Waals surface area (Å²) in [5.74, 6) is -0.280. The van der Waals surface area contributed by atoms with Gasteiger partial charge >= 0.3 is 5.97 Å². The molecule has 0 aliphatic rings. The quantitative estimate of drug-likeness (QED) is 0.262. The van der Waals surface area contributed by atoms with Crippen LogP contribution in [0.25, 0.3) is 0 Å². The molecule has 3 nitrogen and oxygen atoms in total. The molecule has 0 amide bonds. The first-order chi connectivity index (χ1) is 8.45. The molecule has 0 aliphatic heterocycles. The van der Waals surface area contributed by atoms with Gasteiger partial charge in [0.1, 0.15) is 0 Å². The van der Waals surface area contributed by atoms with Crippen LogP contribution < -0.4 is 0 Å². The molecule has 0 aromatic heterocycles. The summed E-state index contributed by atoms with van der Waals surface area (Å²) in [5.41, 5.74) is 0.470. The van der Waals surface area contributed by atoms with Gasteiger partial charge in [0.05, 0.1) is 6.61 Å². The molecule has 0 bridgehead atoms. The first-order valence-corrected chi connectivity index (χ1v) is 9.74. The molecule has 1 unspecified atom stereocenters. The van der Waals surface area contributed by atoms with Gasteiger partial charge in [-0.05, 0) is 38.9 Å². The lowest BCUT2D eigenvalue weighted by atomic mass is 10.3. The summed E-state index contributed by atoms with van der Waals surface area (Å²) in [6.45, 7) is 13.1. The second-order valence-corrected chi connectivity index (χ2v) is 9.36. The SMILES string of the molecule is C=C(C)C(=O)OCCCCC[Si](C)(CC)OCC. The summed E-state index contributed by atoms with van der Waals surface area (Å²) in [5, 5.41) is 0. The third-order valence-corrected chi connectivity index (χ3v) is 7.06. The molecule has 1 atom stereocenters. The van der Waals surface area contributed by atoms with Crippen molar-refractivity contribution in [1.29, 1.82) is 0 Å². The number of rotatable bonds is 10. The Bertz CT molecular complexity index is 266. The topological polar surface area (TPSA) is 35.5 Å². The van der Waals surface area contributed by atoms with Crippen LogP contribution in [0.4, 0.5) is 0 Å². The van der Waals surface area contributed by atoms with Gasteiger partial charge in [-0.2, -0.15) is 0 Å². The van der Waals surface area contributed by atoms with E-state index in [9.17, 15) is 4.79 Å². The summed E-state index contributed by atoms with van der Waals surface area (Å²) in [6, 6.07) is 2.37. The fourth-order valence-corrected chi connectivity index (χ4v) is 4.16. The third-order valence-electron chi connectivity index (χ3n) is 3.17. The maximum absolute atomic E-state index is 11.1. The van der Waals surface area contributed by atoms with Gasteiger partial charge in [-0.25, -0.2) is 4.79 Å². The van der Waals surface area contributed by atoms with Crippen molar-refractivity contribution in [3.05, 3.63) is 12.2 Å². The van der Waals surface area contributed by atoms with Gasteiger partial charge in [0.15, 0.2) is 8.32 Å². The number of carbonyl (C=O) groups excluding carboxylic acids is 1. The highest BCUT2D eigenvalue weighted by molar-refractivity contribution is 6.72. The van der Waals surface area contributed by atoms with E-state index >= 15 is 0 Å². The van der Waals surface area contributed by atoms with Gasteiger partial charge in [-0.15, -0.1) is 0 Å². The monoisotopic (exact) mass is 272 g/mol. The molecule has 0 aromatic rings. The first kappa shape index (κ1) is 17.4. The zero-order valence-electron chi connectivity index (χ0n) is 12.4. The Labute approximate surface area is 113 Å². The number of hydrogen-bond acceptors (Lipinski definition) is 3. The van der Waals surface area contributed by atoms with E-state index in [2.05, 4.69) is 27.0 Å². The smallest absolute Gasteiger partial charge is 0.333 e. The molecular weight excluding hydrogens is 244 g/mol. The second-order valence-electron chi connectivity index (χ2n) is 4.96. The molecule has 0 saturated carbocycles. The number of unbranched alkanes of at least 4 members (excludes halogenated alkanes) is 2. The van der Waals surface area contributed by atoms with Gasteiger partial charge in [0.25, 0.3) is 0 Å². The molecule has 0 N–H and O–H groups in total. The number of carbonyl (C=O) groups is 1. The highest BCUT2D eigenvalue weighted by atomic mass is 28.4. The van der Waals surface area contributed by atoms with Gasteiger partial charge in [-0.1, -0.05) is 26.3 Å². The van der Waals surface area contributed by atoms with Crippen molar-refractivity contribution < 1.29 is 14.0 Å². The summed E-state index contributed by atoms with van der Waals surface area (Å²) in [7, 11) is -1.45. The van der Waals surface area contributed by atoms with E-state index in [4.69, 9.17) is 9.16 Å². The molecule has 0 saturated heterocycles. The lowest BCUT2D eigenvalue weighted by Crippen LogP contribution is -2.33. The van der Waals surface area contributed by atoms with Gasteiger partial charge in [-0.3, -0.25) is 0 Å². The minimum absolute atomic E-state index is 0.280. The van der Waals surface area contributed by atoms with Crippen LogP contribution in [0.3, 0.4) is 0 Å². The van der Waals surface area contributed by atoms with Crippen molar-refractivity contribution in [3.63, 3.8) is 0 Å². The maximum Gasteiger partial charge on any atom is 0.333 e. The van der Waals surface area contributed by atoms with Crippen molar-refractivity contribution in [1.82, 2.24) is 0 Å². The molecular formula is C14H28O3Si. The molecule has 0 aromatic carbocycles. The van der Waals surface area contributed by atoms with Crippen molar-refractivity contribution in [2.24, 2.45) is 0 Å². The Hall–Kier alpha value is -0.613. The number of ether oxygens (including phenoxy) is 1. The van der Waals surface area contributed by atoms with E-state index in [0.29, 0.717) is 12.2 Å². The van der Waals surface area contributed by atoms with E-state index in [1.807, 2.05) is 0 Å². The first-order valence-electron chi connectivity index (χ1n) is 6.91. The summed E-state index contributed by atoms with van der Waals surface area (Å²) >= 11 is 0. The molecule has 0 spiro atoms. The predicted molar refractivity (Wildman–Crippen MR) is 78.2 cm³/mol. The summed E-state index contributed by atoms with van der Waals surface area (Å²) < 4.78 is 10.9. The Morgan fingerprint density at radius 1 is 1.22 bits per heavy atom. The van der Waals surface area contributed by atoms with Crippen molar-refractivity contribution in [3.8, 4) is 0 Å². The van der Waals surface area contributed by atoms with Crippen molar-refractivity contribution in [2.45, 2.75) is 58.7 Å². The van der Waals surface area contributed by atoms with E-state index < -0.39 is 8.32 Å². The van der Waals surface area contributed by atoms with Crippen LogP contribution in [0.2, 0.25) is 18.6 Å². The lowest BCUT2D eigenvalue weighted by Gasteiger charge is -2.25. The van der Waals surface area contributed by atoms with Crippen LogP contribution in [-0.2, 0) is 14.0 Å². The molecule has 0 rings (SSSR count). The zero-order chi connectivity index (χ0) is 14.0. The summed E-state index contributed by atoms with van der Waals surface area (Å²) in [6.07, 6.45) is 3.19. The Balaban J connectivity index is 3.61. The highest BCUT2D eigenvalue weighted by Crippen LogP contribution is 2.20. The van der Waals surface area contributed by atoms with E-state index in [1.54, 1.807) is 6.92 Å². The van der Waals surface area contributed by atoms with Gasteiger partial charge in [0.2, 0.25) is 0 Å². The lowest BCUT2D eigenvalue weighted by molar-refractivity contribution is -0.139. The zero-order valence-corrected chi connectivity index (χ0v) is 13.4. The van der Waals surface area contributed by atoms with Crippen LogP contribution in [0.1, 0.15) is 40.0 Å². The van der Waals surface area contributed by atoms with Crippen molar-refractivity contribution in [2.75, 3.05) is 13.2 Å². The molecule has 0 fully saturated rings. The van der Waals surface area contributed by atoms with Crippen LogP contribution >= 0.6 is 0 Å². The molecule has 4 heteroatoms. The Kier molecular flexibility index (Phi) is 9.02. The predicted octanol–water partition coefficient (Wildman–Crippen LogP) is 3.91. The number of esters is 1. The van der Waals surface area contributed by atoms with Gasteiger partial charge < -0.3 is 9.16 Å². The van der Waals surface area contributed by atoms with Gasteiger partial charge in [0, 0.05) is 12.2 Å². The number of hydrogen-bond donors (Lipinski definition) is 0. The standard InChI is InChI=1S/C14H28O3Si/c1-6-17-18(5,7-2)12-10-8-9-11-16-14(15)13(3)4/h3,6-12H2,1-2,4-5H3. The van der Waals surface area contributed by atoms with E-state index in [0.717, 1.165) is 19.4 Å². The average molecular weight is 272 g/mol. The minimum atomic E-state index is -1.45. The van der Waals surface area contributed by atoms with E-state index in [1.165, 1.54) is 18.5 Å². The molecule has 0 radical (unpaired) electrons. The molecule has 18 heavy (non-hydrogen) atoms. The minimum Gasteiger partial charge on any atom is -0.462 e. The molecule has 106 valence electrons. The fourth-order valence-electron chi connectivity index (χ4n) is 1.77. The second kappa shape index (κ2) is 9.33. The summed E-state index contributed by atoms with van der Waals surface area (Å²) in [4.78, 5) is 11.1. The highest BCUT2D eigenvalue weighted by Gasteiger charge is 2.25. The molecule has 0 heterocycles. The van der Waals surface area contributed by atoms with Crippen LogP contribution in [0.15, 0.2) is 12.2 Å². The average Bonchev–Trinajstić information content (AvgIpc) is 2.33. The maximum atomic E-state index is 11.1. The van der Waals surface area contributed by atoms with Crippen LogP contribution in [0.5, 0.6) is 0 Å². The molecule has 0 aliphatic carbocycles. The van der Waals surface area contributed by atoms with E-state index in [-0.39, 0.29) is 5.97 Å². The Morgan fingerprint density at radius 3 is 2.39 bits per heavy atom. The third kappa shape index (κ3) is 7.66. The van der Waals surface area contributed by atoms with Crippen molar-refractivity contribution >= 4 is 14.3 Å². The van der Waals surface area contributed by atoms with Crippen LogP contribution in [0, 0.1) is 0 Å². The fraction of sp³-hybridized carbons (Fsp3) is 0.786. The Morgan fingerprint density at radius 2 is 1.89 bits per heavy atom. The normalized spacial score (nSPS) is 14.0.